The highest BCUT2D eigenvalue weighted by atomic mass is 35.5. The highest BCUT2D eigenvalue weighted by molar-refractivity contribution is 7.90. The number of morpholine rings is 1. The van der Waals surface area contributed by atoms with Crippen LogP contribution in [-0.2, 0) is 27.7 Å². The van der Waals surface area contributed by atoms with E-state index in [0.29, 0.717) is 28.8 Å². The van der Waals surface area contributed by atoms with Gasteiger partial charge in [-0.3, -0.25) is 9.47 Å². The minimum Gasteiger partial charge on any atom is -0.373 e. The fourth-order valence-corrected chi connectivity index (χ4v) is 5.56. The molecule has 0 N–H and O–H groups in total. The number of benzene rings is 1. The minimum absolute atomic E-state index is 0.0961. The van der Waals surface area contributed by atoms with Crippen molar-refractivity contribution < 1.29 is 13.2 Å². The average molecular weight is 517 g/mol. The summed E-state index contributed by atoms with van der Waals surface area (Å²) in [6.45, 7) is 6.56. The van der Waals surface area contributed by atoms with Gasteiger partial charge in [-0.1, -0.05) is 17.7 Å². The lowest BCUT2D eigenvalue weighted by atomic mass is 10.1. The van der Waals surface area contributed by atoms with Crippen LogP contribution in [0.4, 0.5) is 0 Å². The Morgan fingerprint density at radius 2 is 1.83 bits per heavy atom. The van der Waals surface area contributed by atoms with E-state index >= 15 is 0 Å². The van der Waals surface area contributed by atoms with Gasteiger partial charge in [0.25, 0.3) is 0 Å². The predicted molar refractivity (Wildman–Crippen MR) is 131 cm³/mol. The predicted octanol–water partition coefficient (Wildman–Crippen LogP) is 2.15. The molecule has 35 heavy (non-hydrogen) atoms. The van der Waals surface area contributed by atoms with Crippen LogP contribution in [-0.4, -0.2) is 69.0 Å². The molecule has 10 nitrogen and oxygen atoms in total. The first kappa shape index (κ1) is 23.9. The van der Waals surface area contributed by atoms with Crippen LogP contribution >= 0.6 is 11.6 Å². The van der Waals surface area contributed by atoms with Crippen molar-refractivity contribution in [2.24, 2.45) is 0 Å². The van der Waals surface area contributed by atoms with Gasteiger partial charge >= 0.3 is 5.69 Å². The van der Waals surface area contributed by atoms with Crippen molar-refractivity contribution in [1.82, 2.24) is 29.0 Å². The maximum absolute atomic E-state index is 13.2. The molecule has 0 unspecified atom stereocenters. The largest absolute Gasteiger partial charge is 0.373 e. The number of aromatic nitrogens is 5. The molecule has 12 heteroatoms. The fourth-order valence-electron chi connectivity index (χ4n) is 4.61. The molecule has 0 saturated carbocycles. The molecular formula is C23H25ClN6O4S. The zero-order valence-electron chi connectivity index (χ0n) is 19.5. The number of nitrogens with zero attached hydrogens (tertiary/aromatic N) is 6. The molecule has 2 atom stereocenters. The first-order valence-corrected chi connectivity index (χ1v) is 13.4. The number of pyridine rings is 1. The van der Waals surface area contributed by atoms with E-state index in [1.54, 1.807) is 12.3 Å². The molecule has 0 radical (unpaired) electrons. The second-order valence-corrected chi connectivity index (χ2v) is 11.5. The first-order valence-electron chi connectivity index (χ1n) is 11.2. The summed E-state index contributed by atoms with van der Waals surface area (Å²) in [6.07, 6.45) is 4.53. The number of rotatable bonds is 5. The van der Waals surface area contributed by atoms with Gasteiger partial charge in [-0.2, -0.15) is 9.61 Å². The van der Waals surface area contributed by atoms with Gasteiger partial charge in [0.1, 0.15) is 12.0 Å². The molecule has 3 aromatic heterocycles. The van der Waals surface area contributed by atoms with E-state index in [1.165, 1.54) is 27.5 Å². The lowest BCUT2D eigenvalue weighted by Gasteiger charge is -2.35. The summed E-state index contributed by atoms with van der Waals surface area (Å²) in [4.78, 5) is 24.6. The van der Waals surface area contributed by atoms with E-state index in [0.717, 1.165) is 24.9 Å². The normalized spacial score (nSPS) is 19.5. The SMILES string of the molecule is C[C@@H]1CN(Cc2cnc3c(c2)c2ncnn2c(=O)n3Cc2ccc(S(C)(=O)=O)cc2Cl)C[C@H](C)O1. The number of halogens is 1. The quantitative estimate of drug-likeness (QED) is 0.396. The smallest absolute Gasteiger partial charge is 0.352 e. The zero-order valence-corrected chi connectivity index (χ0v) is 21.1. The topological polar surface area (TPSA) is 112 Å². The summed E-state index contributed by atoms with van der Waals surface area (Å²) in [5, 5.41) is 5.05. The van der Waals surface area contributed by atoms with Gasteiger partial charge in [-0.15, -0.1) is 0 Å². The van der Waals surface area contributed by atoms with Crippen molar-refractivity contribution in [3.8, 4) is 0 Å². The van der Waals surface area contributed by atoms with Crippen LogP contribution in [0.15, 0.2) is 46.5 Å². The number of fused-ring (bicyclic) bond motifs is 3. The van der Waals surface area contributed by atoms with Gasteiger partial charge in [0.2, 0.25) is 0 Å². The van der Waals surface area contributed by atoms with Crippen LogP contribution in [0, 0.1) is 0 Å². The van der Waals surface area contributed by atoms with E-state index in [2.05, 4.69) is 33.8 Å². The van der Waals surface area contributed by atoms with Crippen LogP contribution < -0.4 is 5.69 Å². The van der Waals surface area contributed by atoms with Gasteiger partial charge < -0.3 is 4.74 Å². The number of hydrogen-bond donors (Lipinski definition) is 0. The third-order valence-electron chi connectivity index (χ3n) is 6.06. The molecule has 5 rings (SSSR count). The van der Waals surface area contributed by atoms with Crippen molar-refractivity contribution in [3.63, 3.8) is 0 Å². The number of sulfone groups is 1. The monoisotopic (exact) mass is 516 g/mol. The van der Waals surface area contributed by atoms with Crippen molar-refractivity contribution in [3.05, 3.63) is 63.4 Å². The molecule has 0 spiro atoms. The Bertz CT molecular complexity index is 1590. The third kappa shape index (κ3) is 4.68. The zero-order chi connectivity index (χ0) is 24.9. The van der Waals surface area contributed by atoms with E-state index in [-0.39, 0.29) is 28.7 Å². The molecule has 1 fully saturated rings. The van der Waals surface area contributed by atoms with E-state index < -0.39 is 15.5 Å². The summed E-state index contributed by atoms with van der Waals surface area (Å²) < 4.78 is 32.3. The summed E-state index contributed by atoms with van der Waals surface area (Å²) in [5.74, 6) is 0. The van der Waals surface area contributed by atoms with Crippen molar-refractivity contribution in [2.45, 2.75) is 44.0 Å². The summed E-state index contributed by atoms with van der Waals surface area (Å²) in [6, 6.07) is 6.47. The lowest BCUT2D eigenvalue weighted by Crippen LogP contribution is -2.44. The van der Waals surface area contributed by atoms with Crippen molar-refractivity contribution >= 4 is 38.1 Å². The Balaban J connectivity index is 1.57. The Hall–Kier alpha value is -2.86. The maximum Gasteiger partial charge on any atom is 0.352 e. The van der Waals surface area contributed by atoms with E-state index in [9.17, 15) is 13.2 Å². The third-order valence-corrected chi connectivity index (χ3v) is 7.52. The summed E-state index contributed by atoms with van der Waals surface area (Å²) >= 11 is 6.39. The molecule has 4 aromatic rings. The second-order valence-electron chi connectivity index (χ2n) is 9.06. The molecule has 1 aromatic carbocycles. The highest BCUT2D eigenvalue weighted by Crippen LogP contribution is 2.24. The number of ether oxygens (including phenoxy) is 1. The number of hydrogen-bond acceptors (Lipinski definition) is 8. The molecule has 0 amide bonds. The van der Waals surface area contributed by atoms with Crippen molar-refractivity contribution in [2.75, 3.05) is 19.3 Å². The van der Waals surface area contributed by atoms with Crippen LogP contribution in [0.3, 0.4) is 0 Å². The van der Waals surface area contributed by atoms with Crippen LogP contribution in [0.2, 0.25) is 5.02 Å². The van der Waals surface area contributed by atoms with Gasteiger partial charge in [0, 0.05) is 37.1 Å². The Kier molecular flexibility index (Phi) is 6.12. The average Bonchev–Trinajstić information content (AvgIpc) is 3.27. The van der Waals surface area contributed by atoms with E-state index in [1.807, 2.05) is 6.07 Å². The molecule has 4 heterocycles. The van der Waals surface area contributed by atoms with Gasteiger partial charge in [-0.25, -0.2) is 23.2 Å². The molecule has 1 saturated heterocycles. The van der Waals surface area contributed by atoms with Crippen molar-refractivity contribution in [1.29, 1.82) is 0 Å². The van der Waals surface area contributed by atoms with Gasteiger partial charge in [0.05, 0.1) is 29.0 Å². The Morgan fingerprint density at radius 1 is 1.09 bits per heavy atom. The summed E-state index contributed by atoms with van der Waals surface area (Å²) in [7, 11) is -3.40. The molecule has 1 aliphatic rings. The maximum atomic E-state index is 13.2. The van der Waals surface area contributed by atoms with Crippen LogP contribution in [0.1, 0.15) is 25.0 Å². The molecule has 0 aliphatic carbocycles. The standard InChI is InChI=1S/C23H25ClN6O4S/c1-14-9-28(10-15(2)34-14)11-16-6-19-21(25-8-16)29(23(31)30-22(19)26-13-27-30)12-17-4-5-18(7-20(17)24)35(3,32)33/h4-8,13-15H,9-12H2,1-3H3/t14-,15+. The lowest BCUT2D eigenvalue weighted by molar-refractivity contribution is -0.0705. The van der Waals surface area contributed by atoms with Crippen LogP contribution in [0.25, 0.3) is 16.7 Å². The highest BCUT2D eigenvalue weighted by Gasteiger charge is 2.23. The fraction of sp³-hybridized carbons (Fsp3) is 0.391. The minimum atomic E-state index is -3.40. The molecular weight excluding hydrogens is 492 g/mol. The molecule has 1 aliphatic heterocycles. The Morgan fingerprint density at radius 3 is 2.51 bits per heavy atom. The van der Waals surface area contributed by atoms with Gasteiger partial charge in [-0.05, 0) is 43.2 Å². The Labute approximate surface area is 207 Å². The van der Waals surface area contributed by atoms with Crippen LogP contribution in [0.5, 0.6) is 0 Å². The summed E-state index contributed by atoms with van der Waals surface area (Å²) in [5.41, 5.74) is 2.04. The molecule has 0 bridgehead atoms. The first-order chi connectivity index (χ1) is 16.6. The molecule has 184 valence electrons. The van der Waals surface area contributed by atoms with Gasteiger partial charge in [0.15, 0.2) is 15.5 Å². The van der Waals surface area contributed by atoms with E-state index in [4.69, 9.17) is 16.3 Å². The second kappa shape index (κ2) is 8.98.